The Balaban J connectivity index is 0.00000256. The van der Waals surface area contributed by atoms with Crippen LogP contribution in [0.1, 0.15) is 24.9 Å². The first-order valence-electron chi connectivity index (χ1n) is 4.97. The quantitative estimate of drug-likeness (QED) is 0.908. The average molecular weight is 270 g/mol. The Kier molecular flexibility index (Phi) is 6.34. The minimum Gasteiger partial charge on any atom is -0.494 e. The first-order chi connectivity index (χ1) is 7.42. The van der Waals surface area contributed by atoms with Gasteiger partial charge in [-0.1, -0.05) is 12.1 Å². The topological polar surface area (TPSA) is 35.2 Å². The fraction of sp³-hybridized carbons (Fsp3) is 0.455. The van der Waals surface area contributed by atoms with Crippen molar-refractivity contribution in [2.45, 2.75) is 25.6 Å². The third-order valence-electron chi connectivity index (χ3n) is 2.07. The normalized spacial score (nSPS) is 12.8. The summed E-state index contributed by atoms with van der Waals surface area (Å²) in [5.41, 5.74) is 5.90. The molecule has 17 heavy (non-hydrogen) atoms. The monoisotopic (exact) mass is 269 g/mol. The van der Waals surface area contributed by atoms with Crippen molar-refractivity contribution in [3.63, 3.8) is 0 Å². The van der Waals surface area contributed by atoms with Gasteiger partial charge in [0.1, 0.15) is 5.75 Å². The van der Waals surface area contributed by atoms with Crippen molar-refractivity contribution < 1.29 is 17.9 Å². The number of hydrogen-bond acceptors (Lipinski definition) is 2. The largest absolute Gasteiger partial charge is 0.494 e. The molecule has 0 heterocycles. The van der Waals surface area contributed by atoms with Crippen molar-refractivity contribution in [1.82, 2.24) is 0 Å². The van der Waals surface area contributed by atoms with Crippen molar-refractivity contribution >= 4 is 12.4 Å². The van der Waals surface area contributed by atoms with E-state index < -0.39 is 18.6 Å². The van der Waals surface area contributed by atoms with Gasteiger partial charge in [0.25, 0.3) is 0 Å². The van der Waals surface area contributed by atoms with Crippen LogP contribution in [0.2, 0.25) is 0 Å². The standard InChI is InChI=1S/C11H14F3NO.ClH/c1-2-16-9-5-3-8(4-6-9)10(15)7-11(12,13)14;/h3-6,10H,2,7,15H2,1H3;1H/t10-;/m0./s1. The number of rotatable bonds is 4. The fourth-order valence-electron chi connectivity index (χ4n) is 1.35. The van der Waals surface area contributed by atoms with Crippen molar-refractivity contribution in [3.05, 3.63) is 29.8 Å². The molecule has 1 aromatic rings. The highest BCUT2D eigenvalue weighted by atomic mass is 35.5. The highest BCUT2D eigenvalue weighted by molar-refractivity contribution is 5.85. The van der Waals surface area contributed by atoms with Crippen molar-refractivity contribution in [1.29, 1.82) is 0 Å². The van der Waals surface area contributed by atoms with Crippen LogP contribution in [0.5, 0.6) is 5.75 Å². The number of hydrogen-bond donors (Lipinski definition) is 1. The number of halogens is 4. The van der Waals surface area contributed by atoms with Gasteiger partial charge in [0.15, 0.2) is 0 Å². The molecular weight excluding hydrogens is 255 g/mol. The molecule has 98 valence electrons. The summed E-state index contributed by atoms with van der Waals surface area (Å²) in [7, 11) is 0. The first-order valence-corrected chi connectivity index (χ1v) is 4.97. The van der Waals surface area contributed by atoms with Gasteiger partial charge in [-0.25, -0.2) is 0 Å². The van der Waals surface area contributed by atoms with Crippen LogP contribution in [-0.2, 0) is 0 Å². The highest BCUT2D eigenvalue weighted by Gasteiger charge is 2.30. The van der Waals surface area contributed by atoms with Crippen molar-refractivity contribution in [3.8, 4) is 5.75 Å². The molecule has 2 nitrogen and oxygen atoms in total. The van der Waals surface area contributed by atoms with E-state index in [1.165, 1.54) is 0 Å². The summed E-state index contributed by atoms with van der Waals surface area (Å²) >= 11 is 0. The molecule has 0 saturated carbocycles. The van der Waals surface area contributed by atoms with Crippen LogP contribution in [0, 0.1) is 0 Å². The van der Waals surface area contributed by atoms with Crippen LogP contribution in [0.4, 0.5) is 13.2 Å². The lowest BCUT2D eigenvalue weighted by Gasteiger charge is -2.14. The third-order valence-corrected chi connectivity index (χ3v) is 2.07. The second-order valence-electron chi connectivity index (χ2n) is 3.43. The molecule has 6 heteroatoms. The van der Waals surface area contributed by atoms with E-state index >= 15 is 0 Å². The summed E-state index contributed by atoms with van der Waals surface area (Å²) < 4.78 is 41.4. The molecule has 0 amide bonds. The van der Waals surface area contributed by atoms with Crippen molar-refractivity contribution in [2.24, 2.45) is 5.73 Å². The van der Waals surface area contributed by atoms with Gasteiger partial charge < -0.3 is 10.5 Å². The van der Waals surface area contributed by atoms with Gasteiger partial charge in [0.05, 0.1) is 13.0 Å². The Labute approximate surface area is 104 Å². The summed E-state index contributed by atoms with van der Waals surface area (Å²) in [6.07, 6.45) is -5.25. The van der Waals surface area contributed by atoms with E-state index in [0.29, 0.717) is 17.9 Å². The molecule has 1 rings (SSSR count). The molecule has 0 bridgehead atoms. The van der Waals surface area contributed by atoms with Gasteiger partial charge in [-0.3, -0.25) is 0 Å². The van der Waals surface area contributed by atoms with Crippen LogP contribution >= 0.6 is 12.4 Å². The zero-order chi connectivity index (χ0) is 12.2. The summed E-state index contributed by atoms with van der Waals surface area (Å²) in [6, 6.07) is 5.34. The van der Waals surface area contributed by atoms with Crippen LogP contribution < -0.4 is 10.5 Å². The molecule has 0 aliphatic carbocycles. The second kappa shape index (κ2) is 6.71. The van der Waals surface area contributed by atoms with Gasteiger partial charge in [0.2, 0.25) is 0 Å². The Bertz CT molecular complexity index is 326. The molecule has 0 spiro atoms. The summed E-state index contributed by atoms with van der Waals surface area (Å²) in [5.74, 6) is 0.630. The first kappa shape index (κ1) is 16.1. The smallest absolute Gasteiger partial charge is 0.390 e. The number of benzene rings is 1. The van der Waals surface area contributed by atoms with E-state index in [9.17, 15) is 13.2 Å². The average Bonchev–Trinajstić information content (AvgIpc) is 2.16. The molecular formula is C11H15ClF3NO. The maximum atomic E-state index is 12.1. The van der Waals surface area contributed by atoms with E-state index in [1.54, 1.807) is 24.3 Å². The Morgan fingerprint density at radius 3 is 2.18 bits per heavy atom. The maximum Gasteiger partial charge on any atom is 0.390 e. The van der Waals surface area contributed by atoms with Crippen LogP contribution in [-0.4, -0.2) is 12.8 Å². The van der Waals surface area contributed by atoms with E-state index in [2.05, 4.69) is 0 Å². The number of alkyl halides is 3. The van der Waals surface area contributed by atoms with E-state index in [0.717, 1.165) is 0 Å². The molecule has 0 aliphatic heterocycles. The van der Waals surface area contributed by atoms with Crippen molar-refractivity contribution in [2.75, 3.05) is 6.61 Å². The molecule has 0 unspecified atom stereocenters. The SMILES string of the molecule is CCOc1ccc([C@@H](N)CC(F)(F)F)cc1.Cl. The summed E-state index contributed by atoms with van der Waals surface area (Å²) in [4.78, 5) is 0. The van der Waals surface area contributed by atoms with Crippen LogP contribution in [0.25, 0.3) is 0 Å². The Morgan fingerprint density at radius 2 is 1.76 bits per heavy atom. The van der Waals surface area contributed by atoms with Gasteiger partial charge >= 0.3 is 6.18 Å². The Morgan fingerprint density at radius 1 is 1.24 bits per heavy atom. The summed E-state index contributed by atoms with van der Waals surface area (Å²) in [6.45, 7) is 2.36. The molecule has 1 aromatic carbocycles. The second-order valence-corrected chi connectivity index (χ2v) is 3.43. The maximum absolute atomic E-state index is 12.1. The highest BCUT2D eigenvalue weighted by Crippen LogP contribution is 2.28. The van der Waals surface area contributed by atoms with Gasteiger partial charge in [-0.05, 0) is 24.6 Å². The summed E-state index contributed by atoms with van der Waals surface area (Å²) in [5, 5.41) is 0. The Hall–Kier alpha value is -0.940. The van der Waals surface area contributed by atoms with Gasteiger partial charge in [-0.2, -0.15) is 13.2 Å². The molecule has 0 fully saturated rings. The lowest BCUT2D eigenvalue weighted by Crippen LogP contribution is -2.20. The minimum absolute atomic E-state index is 0. The molecule has 0 aromatic heterocycles. The lowest BCUT2D eigenvalue weighted by molar-refractivity contribution is -0.138. The van der Waals surface area contributed by atoms with Gasteiger partial charge in [-0.15, -0.1) is 12.4 Å². The zero-order valence-corrected chi connectivity index (χ0v) is 10.1. The molecule has 0 aliphatic rings. The number of ether oxygens (including phenoxy) is 1. The van der Waals surface area contributed by atoms with Crippen LogP contribution in [0.15, 0.2) is 24.3 Å². The molecule has 1 atom stereocenters. The predicted octanol–water partition coefficient (Wildman–Crippen LogP) is 3.46. The lowest BCUT2D eigenvalue weighted by atomic mass is 10.0. The van der Waals surface area contributed by atoms with E-state index in [4.69, 9.17) is 10.5 Å². The molecule has 2 N–H and O–H groups in total. The molecule has 0 radical (unpaired) electrons. The third kappa shape index (κ3) is 5.79. The number of nitrogens with two attached hydrogens (primary N) is 1. The minimum atomic E-state index is -4.24. The van der Waals surface area contributed by atoms with E-state index in [-0.39, 0.29) is 12.4 Å². The van der Waals surface area contributed by atoms with Gasteiger partial charge in [0, 0.05) is 6.04 Å². The fourth-order valence-corrected chi connectivity index (χ4v) is 1.35. The molecule has 0 saturated heterocycles. The zero-order valence-electron chi connectivity index (χ0n) is 9.33. The predicted molar refractivity (Wildman–Crippen MR) is 62.5 cm³/mol. The van der Waals surface area contributed by atoms with Crippen LogP contribution in [0.3, 0.4) is 0 Å². The van der Waals surface area contributed by atoms with E-state index in [1.807, 2.05) is 6.92 Å².